The van der Waals surface area contributed by atoms with Crippen molar-refractivity contribution in [3.05, 3.63) is 11.9 Å². The van der Waals surface area contributed by atoms with Gasteiger partial charge in [0.2, 0.25) is 0 Å². The summed E-state index contributed by atoms with van der Waals surface area (Å²) in [7, 11) is -3.28. The lowest BCUT2D eigenvalue weighted by Crippen LogP contribution is -2.26. The summed E-state index contributed by atoms with van der Waals surface area (Å²) in [4.78, 5) is 0. The molecule has 0 radical (unpaired) electrons. The SMILES string of the molecule is CCCn1nncc1C(O)C(C)S(C)(=O)=O. The Morgan fingerprint density at radius 3 is 2.69 bits per heavy atom. The normalized spacial score (nSPS) is 16.0. The van der Waals surface area contributed by atoms with E-state index in [9.17, 15) is 13.5 Å². The molecule has 1 heterocycles. The van der Waals surface area contributed by atoms with E-state index in [4.69, 9.17) is 0 Å². The molecule has 1 aromatic rings. The summed E-state index contributed by atoms with van der Waals surface area (Å²) < 4.78 is 24.2. The molecule has 92 valence electrons. The lowest BCUT2D eigenvalue weighted by molar-refractivity contribution is 0.164. The molecule has 1 aromatic heterocycles. The molecule has 0 saturated carbocycles. The Labute approximate surface area is 95.2 Å². The maximum atomic E-state index is 11.3. The molecular weight excluding hydrogens is 230 g/mol. The van der Waals surface area contributed by atoms with Gasteiger partial charge in [-0.1, -0.05) is 12.1 Å². The molecule has 0 bridgehead atoms. The van der Waals surface area contributed by atoms with Gasteiger partial charge in [-0.15, -0.1) is 5.10 Å². The Hall–Kier alpha value is -0.950. The highest BCUT2D eigenvalue weighted by molar-refractivity contribution is 7.91. The summed E-state index contributed by atoms with van der Waals surface area (Å²) in [6.45, 7) is 4.06. The minimum atomic E-state index is -3.28. The number of aryl methyl sites for hydroxylation is 1. The third kappa shape index (κ3) is 2.79. The van der Waals surface area contributed by atoms with Gasteiger partial charge < -0.3 is 5.11 Å². The van der Waals surface area contributed by atoms with Gasteiger partial charge in [-0.25, -0.2) is 13.1 Å². The largest absolute Gasteiger partial charge is 0.385 e. The van der Waals surface area contributed by atoms with E-state index in [0.29, 0.717) is 12.2 Å². The van der Waals surface area contributed by atoms with E-state index in [2.05, 4.69) is 10.3 Å². The molecule has 0 spiro atoms. The first-order valence-electron chi connectivity index (χ1n) is 5.13. The van der Waals surface area contributed by atoms with E-state index in [-0.39, 0.29) is 0 Å². The topological polar surface area (TPSA) is 85.1 Å². The van der Waals surface area contributed by atoms with Crippen molar-refractivity contribution in [1.82, 2.24) is 15.0 Å². The molecule has 0 aromatic carbocycles. The smallest absolute Gasteiger partial charge is 0.152 e. The zero-order chi connectivity index (χ0) is 12.3. The fourth-order valence-electron chi connectivity index (χ4n) is 1.35. The molecule has 7 heteroatoms. The summed E-state index contributed by atoms with van der Waals surface area (Å²) in [6.07, 6.45) is 2.27. The molecule has 16 heavy (non-hydrogen) atoms. The van der Waals surface area contributed by atoms with Gasteiger partial charge in [0.05, 0.1) is 17.1 Å². The van der Waals surface area contributed by atoms with Gasteiger partial charge in [-0.3, -0.25) is 0 Å². The Morgan fingerprint density at radius 2 is 2.19 bits per heavy atom. The fourth-order valence-corrected chi connectivity index (χ4v) is 1.96. The van der Waals surface area contributed by atoms with Crippen molar-refractivity contribution in [1.29, 1.82) is 0 Å². The predicted molar refractivity (Wildman–Crippen MR) is 59.6 cm³/mol. The second kappa shape index (κ2) is 4.92. The lowest BCUT2D eigenvalue weighted by atomic mass is 10.2. The number of aliphatic hydroxyl groups is 1. The molecule has 0 saturated heterocycles. The minimum Gasteiger partial charge on any atom is -0.385 e. The Morgan fingerprint density at radius 1 is 1.56 bits per heavy atom. The Balaban J connectivity index is 2.96. The van der Waals surface area contributed by atoms with Crippen LogP contribution >= 0.6 is 0 Å². The van der Waals surface area contributed by atoms with E-state index in [1.807, 2.05) is 6.92 Å². The molecule has 6 nitrogen and oxygen atoms in total. The maximum Gasteiger partial charge on any atom is 0.152 e. The van der Waals surface area contributed by atoms with Crippen LogP contribution in [-0.4, -0.2) is 40.0 Å². The van der Waals surface area contributed by atoms with Gasteiger partial charge in [0.1, 0.15) is 6.10 Å². The summed E-state index contributed by atoms with van der Waals surface area (Å²) >= 11 is 0. The van der Waals surface area contributed by atoms with Crippen LogP contribution in [0.5, 0.6) is 0 Å². The van der Waals surface area contributed by atoms with Crippen molar-refractivity contribution in [2.45, 2.75) is 38.2 Å². The van der Waals surface area contributed by atoms with Gasteiger partial charge in [-0.2, -0.15) is 0 Å². The zero-order valence-corrected chi connectivity index (χ0v) is 10.5. The highest BCUT2D eigenvalue weighted by Crippen LogP contribution is 2.20. The van der Waals surface area contributed by atoms with Gasteiger partial charge in [0.15, 0.2) is 9.84 Å². The van der Waals surface area contributed by atoms with E-state index in [0.717, 1.165) is 12.7 Å². The molecule has 0 aliphatic heterocycles. The number of rotatable bonds is 5. The van der Waals surface area contributed by atoms with Gasteiger partial charge >= 0.3 is 0 Å². The number of nitrogens with zero attached hydrogens (tertiary/aromatic N) is 3. The van der Waals surface area contributed by atoms with Crippen LogP contribution in [0.15, 0.2) is 6.20 Å². The second-order valence-electron chi connectivity index (χ2n) is 3.86. The standard InChI is InChI=1S/C9H17N3O3S/c1-4-5-12-8(6-10-11-12)9(13)7(2)16(3,14)15/h6-7,9,13H,4-5H2,1-3H3. The van der Waals surface area contributed by atoms with Crippen molar-refractivity contribution in [2.75, 3.05) is 6.26 Å². The molecule has 0 amide bonds. The fraction of sp³-hybridized carbons (Fsp3) is 0.778. The van der Waals surface area contributed by atoms with E-state index < -0.39 is 21.2 Å². The summed E-state index contributed by atoms with van der Waals surface area (Å²) in [5.74, 6) is 0. The molecule has 1 rings (SSSR count). The molecule has 2 unspecified atom stereocenters. The van der Waals surface area contributed by atoms with Gasteiger partial charge in [0, 0.05) is 12.8 Å². The van der Waals surface area contributed by atoms with Crippen molar-refractivity contribution < 1.29 is 13.5 Å². The number of sulfone groups is 1. The molecule has 0 aliphatic carbocycles. The van der Waals surface area contributed by atoms with E-state index in [1.165, 1.54) is 17.8 Å². The average molecular weight is 247 g/mol. The molecule has 0 aliphatic rings. The second-order valence-corrected chi connectivity index (χ2v) is 6.26. The highest BCUT2D eigenvalue weighted by Gasteiger charge is 2.28. The Bertz CT molecular complexity index is 441. The van der Waals surface area contributed by atoms with Crippen LogP contribution < -0.4 is 0 Å². The predicted octanol–water partition coefficient (Wildman–Crippen LogP) is 0.155. The third-order valence-electron chi connectivity index (χ3n) is 2.51. The maximum absolute atomic E-state index is 11.3. The zero-order valence-electron chi connectivity index (χ0n) is 9.66. The average Bonchev–Trinajstić information content (AvgIpc) is 2.63. The van der Waals surface area contributed by atoms with E-state index >= 15 is 0 Å². The molecule has 1 N–H and O–H groups in total. The minimum absolute atomic E-state index is 0.444. The summed E-state index contributed by atoms with van der Waals surface area (Å²) in [6, 6.07) is 0. The van der Waals surface area contributed by atoms with Crippen LogP contribution in [-0.2, 0) is 16.4 Å². The third-order valence-corrected chi connectivity index (χ3v) is 4.11. The first kappa shape index (κ1) is 13.1. The van der Waals surface area contributed by atoms with Crippen LogP contribution in [0.25, 0.3) is 0 Å². The van der Waals surface area contributed by atoms with Gasteiger partial charge in [0.25, 0.3) is 0 Å². The van der Waals surface area contributed by atoms with Crippen LogP contribution in [0.1, 0.15) is 32.1 Å². The molecular formula is C9H17N3O3S. The number of aliphatic hydroxyl groups excluding tert-OH is 1. The van der Waals surface area contributed by atoms with Crippen LogP contribution in [0, 0.1) is 0 Å². The van der Waals surface area contributed by atoms with Crippen molar-refractivity contribution >= 4 is 9.84 Å². The Kier molecular flexibility index (Phi) is 4.03. The number of hydrogen-bond acceptors (Lipinski definition) is 5. The molecule has 0 fully saturated rings. The van der Waals surface area contributed by atoms with Gasteiger partial charge in [-0.05, 0) is 13.3 Å². The monoisotopic (exact) mass is 247 g/mol. The summed E-state index contributed by atoms with van der Waals surface area (Å²) in [5.41, 5.74) is 0.444. The lowest BCUT2D eigenvalue weighted by Gasteiger charge is -2.17. The first-order valence-corrected chi connectivity index (χ1v) is 7.08. The van der Waals surface area contributed by atoms with Crippen LogP contribution in [0.2, 0.25) is 0 Å². The highest BCUT2D eigenvalue weighted by atomic mass is 32.2. The first-order chi connectivity index (χ1) is 7.38. The quantitative estimate of drug-likeness (QED) is 0.800. The number of hydrogen-bond donors (Lipinski definition) is 1. The van der Waals surface area contributed by atoms with Crippen molar-refractivity contribution in [3.8, 4) is 0 Å². The van der Waals surface area contributed by atoms with E-state index in [1.54, 1.807) is 0 Å². The summed E-state index contributed by atoms with van der Waals surface area (Å²) in [5, 5.41) is 16.6. The van der Waals surface area contributed by atoms with Crippen molar-refractivity contribution in [3.63, 3.8) is 0 Å². The van der Waals surface area contributed by atoms with Crippen molar-refractivity contribution in [2.24, 2.45) is 0 Å². The number of aromatic nitrogens is 3. The van der Waals surface area contributed by atoms with Crippen LogP contribution in [0.3, 0.4) is 0 Å². The van der Waals surface area contributed by atoms with Crippen LogP contribution in [0.4, 0.5) is 0 Å². The molecule has 2 atom stereocenters.